The van der Waals surface area contributed by atoms with Crippen LogP contribution in [0.15, 0.2) is 60.7 Å². The molecule has 5 aromatic rings. The first-order valence-electron chi connectivity index (χ1n) is 18.7. The van der Waals surface area contributed by atoms with Gasteiger partial charge in [0, 0.05) is 19.1 Å². The van der Waals surface area contributed by atoms with Gasteiger partial charge in [0.05, 0.1) is 35.7 Å². The second kappa shape index (κ2) is 13.0. The van der Waals surface area contributed by atoms with Crippen molar-refractivity contribution < 1.29 is 33.8 Å². The molecule has 0 unspecified atom stereocenters. The highest BCUT2D eigenvalue weighted by Gasteiger charge is 2.57. The van der Waals surface area contributed by atoms with Crippen LogP contribution in [0.1, 0.15) is 63.3 Å². The molecule has 4 N–H and O–H groups in total. The van der Waals surface area contributed by atoms with Crippen LogP contribution in [0.25, 0.3) is 33.2 Å². The van der Waals surface area contributed by atoms with Crippen LogP contribution in [0.2, 0.25) is 0 Å². The molecular weight excluding hydrogens is 704 g/mol. The number of aromatic nitrogens is 4. The Morgan fingerprint density at radius 3 is 2.15 bits per heavy atom. The van der Waals surface area contributed by atoms with Crippen LogP contribution in [0.4, 0.5) is 9.59 Å². The minimum absolute atomic E-state index is 0.125. The molecular formula is C40H42N8O7. The number of carbonyl (C=O) groups excluding carboxylic acids is 3. The van der Waals surface area contributed by atoms with Gasteiger partial charge in [-0.05, 0) is 98.9 Å². The van der Waals surface area contributed by atoms with Crippen molar-refractivity contribution in [2.24, 2.45) is 11.8 Å². The molecule has 0 spiro atoms. The number of carbonyl (C=O) groups is 4. The number of likely N-dealkylation sites (N-methyl/N-ethyl adjacent to an activating group) is 1. The highest BCUT2D eigenvalue weighted by Crippen LogP contribution is 2.54. The lowest BCUT2D eigenvalue weighted by Crippen LogP contribution is -2.48. The summed E-state index contributed by atoms with van der Waals surface area (Å²) >= 11 is 0. The first-order valence-corrected chi connectivity index (χ1v) is 18.7. The molecule has 0 bridgehead atoms. The summed E-state index contributed by atoms with van der Waals surface area (Å²) < 4.78 is 11.1. The summed E-state index contributed by atoms with van der Waals surface area (Å²) in [5, 5.41) is 12.0. The average molecular weight is 747 g/mol. The van der Waals surface area contributed by atoms with Crippen LogP contribution >= 0.6 is 0 Å². The summed E-state index contributed by atoms with van der Waals surface area (Å²) in [5.41, 5.74) is 5.06. The fourth-order valence-corrected chi connectivity index (χ4v) is 8.57. The summed E-state index contributed by atoms with van der Waals surface area (Å²) in [6.07, 6.45) is 1.71. The van der Waals surface area contributed by atoms with E-state index in [1.807, 2.05) is 70.5 Å². The monoisotopic (exact) mass is 746 g/mol. The number of hydrogen-bond donors (Lipinski definition) is 4. The first kappa shape index (κ1) is 34.6. The van der Waals surface area contributed by atoms with Crippen molar-refractivity contribution >= 4 is 46.1 Å². The first-order chi connectivity index (χ1) is 26.5. The van der Waals surface area contributed by atoms with E-state index in [1.165, 1.54) is 14.2 Å². The lowest BCUT2D eigenvalue weighted by atomic mass is 10.1. The van der Waals surface area contributed by atoms with Gasteiger partial charge in [0.25, 0.3) is 0 Å². The van der Waals surface area contributed by atoms with Gasteiger partial charge in [-0.15, -0.1) is 0 Å². The predicted octanol–water partition coefficient (Wildman–Crippen LogP) is 5.97. The van der Waals surface area contributed by atoms with E-state index in [2.05, 4.69) is 15.3 Å². The van der Waals surface area contributed by atoms with Crippen molar-refractivity contribution in [1.82, 2.24) is 40.0 Å². The highest BCUT2D eigenvalue weighted by molar-refractivity contribution is 5.88. The van der Waals surface area contributed by atoms with E-state index in [9.17, 15) is 24.3 Å². The zero-order valence-corrected chi connectivity index (χ0v) is 30.9. The number of benzene rings is 3. The second-order valence-electron chi connectivity index (χ2n) is 15.3. The number of aromatic amines is 2. The van der Waals surface area contributed by atoms with Gasteiger partial charge in [-0.25, -0.2) is 19.6 Å². The van der Waals surface area contributed by atoms with E-state index in [0.717, 1.165) is 58.3 Å². The van der Waals surface area contributed by atoms with Crippen LogP contribution in [0.5, 0.6) is 11.5 Å². The molecule has 4 fully saturated rings. The van der Waals surface area contributed by atoms with Crippen LogP contribution in [-0.2, 0) is 14.3 Å². The van der Waals surface area contributed by atoms with Crippen LogP contribution in [-0.4, -0.2) is 102 Å². The maximum Gasteiger partial charge on any atom is 0.407 e. The number of imidazole rings is 2. The molecule has 2 saturated carbocycles. The van der Waals surface area contributed by atoms with Gasteiger partial charge in [0.1, 0.15) is 35.0 Å². The Kier molecular flexibility index (Phi) is 8.20. The summed E-state index contributed by atoms with van der Waals surface area (Å²) in [6.45, 7) is 3.30. The average Bonchev–Trinajstić information content (AvgIpc) is 3.84. The number of nitrogens with one attached hydrogen (secondary N) is 3. The third-order valence-electron chi connectivity index (χ3n) is 11.9. The number of rotatable bonds is 9. The van der Waals surface area contributed by atoms with Crippen LogP contribution in [0.3, 0.4) is 0 Å². The van der Waals surface area contributed by atoms with E-state index in [-0.39, 0.29) is 36.0 Å². The topological polar surface area (TPSA) is 186 Å². The molecule has 4 heterocycles. The Balaban J connectivity index is 0.908. The van der Waals surface area contributed by atoms with E-state index < -0.39 is 24.3 Å². The van der Waals surface area contributed by atoms with Crippen molar-refractivity contribution in [3.05, 3.63) is 72.3 Å². The zero-order valence-electron chi connectivity index (χ0n) is 30.9. The zero-order chi connectivity index (χ0) is 38.3. The van der Waals surface area contributed by atoms with E-state index in [0.29, 0.717) is 40.5 Å². The lowest BCUT2D eigenvalue weighted by molar-refractivity contribution is -0.137. The number of H-pyrrole nitrogens is 2. The number of piperidine rings is 2. The van der Waals surface area contributed by atoms with Gasteiger partial charge >= 0.3 is 12.2 Å². The van der Waals surface area contributed by atoms with Gasteiger partial charge < -0.3 is 39.7 Å². The maximum atomic E-state index is 13.5. The fraction of sp³-hybridized carbons (Fsp3) is 0.400. The van der Waals surface area contributed by atoms with Gasteiger partial charge in [-0.2, -0.15) is 0 Å². The Labute approximate surface area is 316 Å². The number of likely N-dealkylation sites (tertiary alicyclic amines) is 2. The van der Waals surface area contributed by atoms with Crippen molar-refractivity contribution in [2.45, 2.75) is 75.8 Å². The van der Waals surface area contributed by atoms with E-state index in [1.54, 1.807) is 13.8 Å². The Morgan fingerprint density at radius 2 is 1.47 bits per heavy atom. The summed E-state index contributed by atoms with van der Waals surface area (Å²) in [7, 11) is 2.70. The maximum absolute atomic E-state index is 13.5. The molecule has 9 rings (SSSR count). The van der Waals surface area contributed by atoms with Crippen molar-refractivity contribution in [3.63, 3.8) is 0 Å². The molecule has 8 atom stereocenters. The summed E-state index contributed by atoms with van der Waals surface area (Å²) in [6, 6.07) is 17.8. The number of fused-ring (bicyclic) bond motifs is 4. The predicted molar refractivity (Wildman–Crippen MR) is 200 cm³/mol. The molecule has 4 aliphatic rings. The van der Waals surface area contributed by atoms with Crippen LogP contribution < -0.4 is 10.1 Å². The molecule has 2 aliphatic carbocycles. The number of hydrogen-bond acceptors (Lipinski definition) is 8. The van der Waals surface area contributed by atoms with Crippen LogP contribution in [0, 0.1) is 11.8 Å². The molecule has 2 aliphatic heterocycles. The SMILES string of the molecule is COC(=O)N[C@@H](C)C(=O)N1[C@@H]2C[C@H]2C[C@H]1c1nc2c(Oc3ccc(-c4ccc5[nH]c([C@@H]6C[C@H]7C[C@H]7N6C(=O)[C@H](C)N(C)C(=O)O)nc5c4)cc3)cccc2[nH]1. The van der Waals surface area contributed by atoms with Crippen molar-refractivity contribution in [1.29, 1.82) is 0 Å². The lowest BCUT2D eigenvalue weighted by Gasteiger charge is -2.31. The quantitative estimate of drug-likeness (QED) is 0.141. The van der Waals surface area contributed by atoms with Gasteiger partial charge in [-0.3, -0.25) is 14.5 Å². The summed E-state index contributed by atoms with van der Waals surface area (Å²) in [5.74, 6) is 3.09. The second-order valence-corrected chi connectivity index (χ2v) is 15.3. The molecule has 55 heavy (non-hydrogen) atoms. The molecule has 15 heteroatoms. The minimum Gasteiger partial charge on any atom is -0.465 e. The van der Waals surface area contributed by atoms with Crippen molar-refractivity contribution in [3.8, 4) is 22.6 Å². The van der Waals surface area contributed by atoms with Gasteiger partial charge in [0.15, 0.2) is 5.75 Å². The number of carboxylic acid groups (broad SMARTS) is 1. The smallest absolute Gasteiger partial charge is 0.407 e. The third-order valence-corrected chi connectivity index (χ3v) is 11.9. The largest absolute Gasteiger partial charge is 0.465 e. The van der Waals surface area contributed by atoms with Gasteiger partial charge in [-0.1, -0.05) is 24.3 Å². The molecule has 2 saturated heterocycles. The Morgan fingerprint density at radius 1 is 0.836 bits per heavy atom. The third kappa shape index (κ3) is 6.07. The number of nitrogens with zero attached hydrogens (tertiary/aromatic N) is 5. The molecule has 3 aromatic carbocycles. The Bertz CT molecular complexity index is 2360. The van der Waals surface area contributed by atoms with Gasteiger partial charge in [0.2, 0.25) is 11.8 Å². The molecule has 4 amide bonds. The number of para-hydroxylation sites is 1. The minimum atomic E-state index is -1.13. The number of amides is 4. The van der Waals surface area contributed by atoms with E-state index in [4.69, 9.17) is 19.4 Å². The molecule has 15 nitrogen and oxygen atoms in total. The number of alkyl carbamates (subject to hydrolysis) is 1. The Hall–Kier alpha value is -6.12. The number of methoxy groups -OCH3 is 1. The molecule has 2 aromatic heterocycles. The highest BCUT2D eigenvalue weighted by atomic mass is 16.5. The normalized spacial score (nSPS) is 24.6. The standard InChI is InChI=1S/C40H42N8O7/c1-19(41-39(51)54-4)37(49)47-29-15-23(29)18-32(47)36-43-27-6-5-7-33(34(27)45-36)55-25-11-8-21(9-12-25)22-10-13-26-28(14-22)44-35(42-26)31-17-24-16-30(24)48(31)38(50)20(2)46(3)40(52)53/h5-14,19-20,23-24,29-32H,15-18H2,1-4H3,(H,41,51)(H,42,44)(H,43,45)(H,52,53)/t19-,20-,23-,24+,29+,30+,31-,32-/m0/s1. The van der Waals surface area contributed by atoms with E-state index >= 15 is 0 Å². The molecule has 284 valence electrons. The number of ether oxygens (including phenoxy) is 2. The molecule has 0 radical (unpaired) electrons. The fourth-order valence-electron chi connectivity index (χ4n) is 8.57. The van der Waals surface area contributed by atoms with Crippen molar-refractivity contribution in [2.75, 3.05) is 14.2 Å². The summed E-state index contributed by atoms with van der Waals surface area (Å²) in [4.78, 5) is 71.7.